The van der Waals surface area contributed by atoms with Gasteiger partial charge in [0, 0.05) is 0 Å². The maximum Gasteiger partial charge on any atom is 0.326 e. The molecule has 1 rings (SSSR count). The third-order valence-corrected chi connectivity index (χ3v) is 2.58. The van der Waals surface area contributed by atoms with E-state index in [0.717, 1.165) is 16.9 Å². The van der Waals surface area contributed by atoms with Crippen LogP contribution in [0.15, 0.2) is 18.2 Å². The van der Waals surface area contributed by atoms with E-state index < -0.39 is 6.04 Å². The van der Waals surface area contributed by atoms with Crippen molar-refractivity contribution < 1.29 is 14.3 Å². The molecule has 0 saturated carbocycles. The van der Waals surface area contributed by atoms with Crippen molar-refractivity contribution in [3.63, 3.8) is 0 Å². The van der Waals surface area contributed by atoms with E-state index in [0.29, 0.717) is 0 Å². The third-order valence-electron chi connectivity index (χ3n) is 2.58. The van der Waals surface area contributed by atoms with Gasteiger partial charge in [0.1, 0.15) is 18.4 Å². The Balaban J connectivity index is 2.65. The molecule has 0 radical (unpaired) electrons. The molecule has 94 valence electrons. The van der Waals surface area contributed by atoms with Crippen molar-refractivity contribution >= 4 is 5.97 Å². The van der Waals surface area contributed by atoms with Gasteiger partial charge in [-0.3, -0.25) is 4.79 Å². The lowest BCUT2D eigenvalue weighted by Gasteiger charge is -2.16. The van der Waals surface area contributed by atoms with Crippen LogP contribution in [0.3, 0.4) is 0 Å². The van der Waals surface area contributed by atoms with Gasteiger partial charge >= 0.3 is 5.97 Å². The minimum Gasteiger partial charge on any atom is -0.491 e. The Morgan fingerprint density at radius 2 is 2.12 bits per heavy atom. The summed E-state index contributed by atoms with van der Waals surface area (Å²) in [5.41, 5.74) is 2.18. The van der Waals surface area contributed by atoms with Gasteiger partial charge < -0.3 is 14.8 Å². The fraction of sp³-hybridized carbons (Fsp3) is 0.462. The van der Waals surface area contributed by atoms with Crippen molar-refractivity contribution in [2.75, 3.05) is 20.8 Å². The zero-order valence-electron chi connectivity index (χ0n) is 10.7. The molecule has 1 atom stereocenters. The maximum atomic E-state index is 11.4. The lowest BCUT2D eigenvalue weighted by atomic mass is 10.1. The van der Waals surface area contributed by atoms with Gasteiger partial charge in [0.05, 0.1) is 7.11 Å². The molecule has 0 amide bonds. The van der Waals surface area contributed by atoms with Gasteiger partial charge in [0.25, 0.3) is 0 Å². The zero-order valence-corrected chi connectivity index (χ0v) is 10.7. The summed E-state index contributed by atoms with van der Waals surface area (Å²) >= 11 is 0. The molecule has 17 heavy (non-hydrogen) atoms. The molecule has 0 spiro atoms. The van der Waals surface area contributed by atoms with Crippen molar-refractivity contribution in [3.8, 4) is 5.75 Å². The molecule has 0 fully saturated rings. The molecule has 0 bridgehead atoms. The first-order valence-electron chi connectivity index (χ1n) is 5.53. The number of likely N-dealkylation sites (N-methyl/N-ethyl adjacent to an activating group) is 1. The van der Waals surface area contributed by atoms with Crippen LogP contribution < -0.4 is 10.1 Å². The topological polar surface area (TPSA) is 47.6 Å². The molecular weight excluding hydrogens is 218 g/mol. The Morgan fingerprint density at radius 1 is 1.41 bits per heavy atom. The summed E-state index contributed by atoms with van der Waals surface area (Å²) in [6.45, 7) is 4.23. The van der Waals surface area contributed by atoms with E-state index in [2.05, 4.69) is 10.1 Å². The number of aryl methyl sites for hydroxylation is 2. The van der Waals surface area contributed by atoms with Gasteiger partial charge in [0.2, 0.25) is 0 Å². The van der Waals surface area contributed by atoms with E-state index in [-0.39, 0.29) is 12.6 Å². The van der Waals surface area contributed by atoms with E-state index in [1.54, 1.807) is 7.05 Å². The molecule has 1 aromatic rings. The largest absolute Gasteiger partial charge is 0.491 e. The van der Waals surface area contributed by atoms with Gasteiger partial charge in [-0.2, -0.15) is 0 Å². The first-order chi connectivity index (χ1) is 8.08. The van der Waals surface area contributed by atoms with Crippen LogP contribution in [0, 0.1) is 13.8 Å². The average Bonchev–Trinajstić information content (AvgIpc) is 2.33. The minimum atomic E-state index is -0.445. The summed E-state index contributed by atoms with van der Waals surface area (Å²) in [5.74, 6) is 0.479. The quantitative estimate of drug-likeness (QED) is 0.787. The average molecular weight is 237 g/mol. The molecule has 0 heterocycles. The second kappa shape index (κ2) is 6.25. The zero-order chi connectivity index (χ0) is 12.8. The fourth-order valence-corrected chi connectivity index (χ4v) is 1.45. The lowest BCUT2D eigenvalue weighted by molar-refractivity contribution is -0.143. The van der Waals surface area contributed by atoms with E-state index in [9.17, 15) is 4.79 Å². The number of ether oxygens (including phenoxy) is 2. The SMILES string of the molecule is CNC(COc1cc(C)ccc1C)C(=O)OC. The van der Waals surface area contributed by atoms with Crippen molar-refractivity contribution in [3.05, 3.63) is 29.3 Å². The van der Waals surface area contributed by atoms with Gasteiger partial charge in [-0.15, -0.1) is 0 Å². The molecule has 1 N–H and O–H groups in total. The summed E-state index contributed by atoms with van der Waals surface area (Å²) in [5, 5.41) is 2.86. The highest BCUT2D eigenvalue weighted by Gasteiger charge is 2.17. The van der Waals surface area contributed by atoms with Crippen molar-refractivity contribution in [2.45, 2.75) is 19.9 Å². The Kier molecular flexibility index (Phi) is 4.97. The molecule has 0 aliphatic heterocycles. The van der Waals surface area contributed by atoms with Crippen LogP contribution >= 0.6 is 0 Å². The summed E-state index contributed by atoms with van der Waals surface area (Å²) in [6, 6.07) is 5.54. The summed E-state index contributed by atoms with van der Waals surface area (Å²) < 4.78 is 10.3. The number of hydrogen-bond acceptors (Lipinski definition) is 4. The number of esters is 1. The van der Waals surface area contributed by atoms with Gasteiger partial charge in [-0.25, -0.2) is 0 Å². The second-order valence-corrected chi connectivity index (χ2v) is 3.94. The fourth-order valence-electron chi connectivity index (χ4n) is 1.45. The minimum absolute atomic E-state index is 0.257. The molecule has 4 nitrogen and oxygen atoms in total. The second-order valence-electron chi connectivity index (χ2n) is 3.94. The van der Waals surface area contributed by atoms with Gasteiger partial charge in [0.15, 0.2) is 0 Å². The van der Waals surface area contributed by atoms with Crippen LogP contribution in [0.25, 0.3) is 0 Å². The number of carbonyl (C=O) groups excluding carboxylic acids is 1. The number of methoxy groups -OCH3 is 1. The molecule has 1 aromatic carbocycles. The highest BCUT2D eigenvalue weighted by atomic mass is 16.5. The number of hydrogen-bond donors (Lipinski definition) is 1. The lowest BCUT2D eigenvalue weighted by Crippen LogP contribution is -2.40. The molecular formula is C13H19NO3. The highest BCUT2D eigenvalue weighted by Crippen LogP contribution is 2.19. The standard InChI is InChI=1S/C13H19NO3/c1-9-5-6-10(2)12(7-9)17-8-11(14-3)13(15)16-4/h5-7,11,14H,8H2,1-4H3. The predicted octanol–water partition coefficient (Wildman–Crippen LogP) is 1.44. The van der Waals surface area contributed by atoms with Crippen molar-refractivity contribution in [2.24, 2.45) is 0 Å². The molecule has 1 unspecified atom stereocenters. The monoisotopic (exact) mass is 237 g/mol. The van der Waals surface area contributed by atoms with Gasteiger partial charge in [-0.05, 0) is 38.1 Å². The Bertz CT molecular complexity index is 390. The van der Waals surface area contributed by atoms with Crippen molar-refractivity contribution in [1.82, 2.24) is 5.32 Å². The van der Waals surface area contributed by atoms with Crippen LogP contribution in [0.5, 0.6) is 5.75 Å². The highest BCUT2D eigenvalue weighted by molar-refractivity contribution is 5.75. The smallest absolute Gasteiger partial charge is 0.326 e. The number of carbonyl (C=O) groups is 1. The van der Waals surface area contributed by atoms with Crippen molar-refractivity contribution in [1.29, 1.82) is 0 Å². The van der Waals surface area contributed by atoms with Crippen LogP contribution in [0.4, 0.5) is 0 Å². The summed E-state index contributed by atoms with van der Waals surface area (Å²) in [4.78, 5) is 11.4. The molecule has 0 aliphatic carbocycles. The molecule has 0 aliphatic rings. The van der Waals surface area contributed by atoms with Crippen LogP contribution in [0.1, 0.15) is 11.1 Å². The van der Waals surface area contributed by atoms with E-state index in [1.165, 1.54) is 7.11 Å². The number of rotatable bonds is 5. The van der Waals surface area contributed by atoms with Crippen LogP contribution in [0.2, 0.25) is 0 Å². The van der Waals surface area contributed by atoms with E-state index in [4.69, 9.17) is 4.74 Å². The first-order valence-corrected chi connectivity index (χ1v) is 5.53. The Hall–Kier alpha value is -1.55. The molecule has 0 aromatic heterocycles. The third kappa shape index (κ3) is 3.75. The number of benzene rings is 1. The maximum absolute atomic E-state index is 11.4. The molecule has 4 heteroatoms. The van der Waals surface area contributed by atoms with E-state index in [1.807, 2.05) is 32.0 Å². The number of nitrogens with one attached hydrogen (secondary N) is 1. The molecule has 0 saturated heterocycles. The normalized spacial score (nSPS) is 12.0. The Labute approximate surface area is 102 Å². The van der Waals surface area contributed by atoms with Gasteiger partial charge in [-0.1, -0.05) is 12.1 Å². The van der Waals surface area contributed by atoms with E-state index >= 15 is 0 Å². The van der Waals surface area contributed by atoms with Crippen LogP contribution in [-0.2, 0) is 9.53 Å². The first kappa shape index (κ1) is 13.5. The predicted molar refractivity (Wildman–Crippen MR) is 66.3 cm³/mol. The summed E-state index contributed by atoms with van der Waals surface area (Å²) in [7, 11) is 3.07. The Morgan fingerprint density at radius 3 is 2.71 bits per heavy atom. The summed E-state index contributed by atoms with van der Waals surface area (Å²) in [6.07, 6.45) is 0. The van der Waals surface area contributed by atoms with Crippen LogP contribution in [-0.4, -0.2) is 32.8 Å².